The highest BCUT2D eigenvalue weighted by atomic mass is 16.5. The van der Waals surface area contributed by atoms with Crippen LogP contribution in [-0.2, 0) is 0 Å². The van der Waals surface area contributed by atoms with Crippen LogP contribution in [0.25, 0.3) is 0 Å². The van der Waals surface area contributed by atoms with E-state index in [0.29, 0.717) is 36.0 Å². The lowest BCUT2D eigenvalue weighted by Crippen LogP contribution is -2.00. The van der Waals surface area contributed by atoms with E-state index in [1.54, 1.807) is 12.1 Å². The second kappa shape index (κ2) is 6.00. The highest BCUT2D eigenvalue weighted by molar-refractivity contribution is 5.81. The van der Waals surface area contributed by atoms with E-state index >= 15 is 0 Å². The maximum Gasteiger partial charge on any atom is 0.164 e. The maximum absolute atomic E-state index is 10.9. The predicted molar refractivity (Wildman–Crippen MR) is 60.7 cm³/mol. The van der Waals surface area contributed by atoms with Gasteiger partial charge in [-0.2, -0.15) is 0 Å². The van der Waals surface area contributed by atoms with Crippen LogP contribution in [-0.4, -0.2) is 26.6 Å². The molecule has 0 saturated heterocycles. The van der Waals surface area contributed by atoms with Gasteiger partial charge in [0.1, 0.15) is 5.75 Å². The minimum absolute atomic E-state index is 0.460. The molecule has 0 atom stereocenters. The summed E-state index contributed by atoms with van der Waals surface area (Å²) in [6.07, 6.45) is 0.739. The summed E-state index contributed by atoms with van der Waals surface area (Å²) < 4.78 is 15.9. The van der Waals surface area contributed by atoms with Crippen molar-refractivity contribution in [3.63, 3.8) is 0 Å². The van der Waals surface area contributed by atoms with Crippen molar-refractivity contribution in [2.45, 2.75) is 13.8 Å². The molecule has 0 aromatic heterocycles. The molecule has 0 radical (unpaired) electrons. The summed E-state index contributed by atoms with van der Waals surface area (Å²) in [6, 6.07) is 3.29. The average molecular weight is 224 g/mol. The van der Waals surface area contributed by atoms with Crippen molar-refractivity contribution in [1.29, 1.82) is 0 Å². The van der Waals surface area contributed by atoms with E-state index in [-0.39, 0.29) is 0 Å². The van der Waals surface area contributed by atoms with E-state index in [1.165, 1.54) is 7.11 Å². The third-order valence-corrected chi connectivity index (χ3v) is 2.02. The van der Waals surface area contributed by atoms with Gasteiger partial charge in [-0.15, -0.1) is 0 Å². The first-order valence-electron chi connectivity index (χ1n) is 5.19. The zero-order valence-corrected chi connectivity index (χ0v) is 9.78. The third kappa shape index (κ3) is 2.66. The molecule has 4 heteroatoms. The number of carbonyl (C=O) groups excluding carboxylic acids is 1. The molecule has 4 nitrogen and oxygen atoms in total. The van der Waals surface area contributed by atoms with Crippen LogP contribution in [0.3, 0.4) is 0 Å². The molecule has 0 unspecified atom stereocenters. The van der Waals surface area contributed by atoms with Gasteiger partial charge in [-0.3, -0.25) is 4.79 Å². The van der Waals surface area contributed by atoms with Gasteiger partial charge in [-0.25, -0.2) is 0 Å². The Kier molecular flexibility index (Phi) is 4.64. The van der Waals surface area contributed by atoms with Gasteiger partial charge in [-0.1, -0.05) is 0 Å². The molecule has 0 heterocycles. The first-order chi connectivity index (χ1) is 7.76. The van der Waals surface area contributed by atoms with E-state index in [0.717, 1.165) is 6.29 Å². The van der Waals surface area contributed by atoms with Crippen LogP contribution >= 0.6 is 0 Å². The fraction of sp³-hybridized carbons (Fsp3) is 0.417. The second-order valence-electron chi connectivity index (χ2n) is 3.02. The topological polar surface area (TPSA) is 44.8 Å². The minimum atomic E-state index is 0.460. The van der Waals surface area contributed by atoms with E-state index in [4.69, 9.17) is 14.2 Å². The van der Waals surface area contributed by atoms with Crippen molar-refractivity contribution < 1.29 is 19.0 Å². The van der Waals surface area contributed by atoms with Crippen molar-refractivity contribution in [2.24, 2.45) is 0 Å². The Labute approximate surface area is 95.1 Å². The van der Waals surface area contributed by atoms with Gasteiger partial charge < -0.3 is 14.2 Å². The third-order valence-electron chi connectivity index (χ3n) is 2.02. The van der Waals surface area contributed by atoms with Crippen LogP contribution in [0.2, 0.25) is 0 Å². The molecule has 0 bridgehead atoms. The minimum Gasteiger partial charge on any atom is -0.493 e. The van der Waals surface area contributed by atoms with Crippen LogP contribution in [0.15, 0.2) is 12.1 Å². The van der Waals surface area contributed by atoms with Gasteiger partial charge in [0, 0.05) is 6.07 Å². The summed E-state index contributed by atoms with van der Waals surface area (Å²) in [5, 5.41) is 0. The molecule has 0 aliphatic rings. The highest BCUT2D eigenvalue weighted by Crippen LogP contribution is 2.34. The Bertz CT molecular complexity index is 360. The number of rotatable bonds is 6. The number of benzene rings is 1. The zero-order chi connectivity index (χ0) is 12.0. The van der Waals surface area contributed by atoms with Gasteiger partial charge in [0.15, 0.2) is 17.8 Å². The molecule has 0 aliphatic carbocycles. The van der Waals surface area contributed by atoms with Crippen LogP contribution in [0.1, 0.15) is 24.2 Å². The Morgan fingerprint density at radius 1 is 1.06 bits per heavy atom. The van der Waals surface area contributed by atoms with Crippen molar-refractivity contribution in [3.05, 3.63) is 17.7 Å². The Balaban J connectivity index is 3.17. The average Bonchev–Trinajstić information content (AvgIpc) is 2.30. The Morgan fingerprint density at radius 2 is 1.69 bits per heavy atom. The molecule has 88 valence electrons. The Morgan fingerprint density at radius 3 is 2.19 bits per heavy atom. The van der Waals surface area contributed by atoms with E-state index < -0.39 is 0 Å². The molecular formula is C12H16O4. The normalized spacial score (nSPS) is 9.69. The van der Waals surface area contributed by atoms with Crippen LogP contribution in [0, 0.1) is 0 Å². The number of hydrogen-bond acceptors (Lipinski definition) is 4. The van der Waals surface area contributed by atoms with Gasteiger partial charge in [-0.05, 0) is 19.9 Å². The van der Waals surface area contributed by atoms with Gasteiger partial charge in [0.25, 0.3) is 0 Å². The summed E-state index contributed by atoms with van der Waals surface area (Å²) >= 11 is 0. The first-order valence-corrected chi connectivity index (χ1v) is 5.19. The predicted octanol–water partition coefficient (Wildman–Crippen LogP) is 2.31. The smallest absolute Gasteiger partial charge is 0.164 e. The van der Waals surface area contributed by atoms with Gasteiger partial charge >= 0.3 is 0 Å². The fourth-order valence-corrected chi connectivity index (χ4v) is 1.36. The van der Waals surface area contributed by atoms with Gasteiger partial charge in [0.2, 0.25) is 0 Å². The summed E-state index contributed by atoms with van der Waals surface area (Å²) in [4.78, 5) is 10.9. The molecule has 0 fully saturated rings. The molecule has 0 saturated carbocycles. The SMILES string of the molecule is CCOc1cc(OCC)c(OC)cc1C=O. The quantitative estimate of drug-likeness (QED) is 0.695. The molecule has 0 amide bonds. The summed E-state index contributed by atoms with van der Waals surface area (Å²) in [5.74, 6) is 1.63. The van der Waals surface area contributed by atoms with Crippen molar-refractivity contribution in [3.8, 4) is 17.2 Å². The number of carbonyl (C=O) groups is 1. The second-order valence-corrected chi connectivity index (χ2v) is 3.02. The number of ether oxygens (including phenoxy) is 3. The van der Waals surface area contributed by atoms with E-state index in [2.05, 4.69) is 0 Å². The van der Waals surface area contributed by atoms with E-state index in [1.807, 2.05) is 13.8 Å². The Hall–Kier alpha value is -1.71. The summed E-state index contributed by atoms with van der Waals surface area (Å²) in [5.41, 5.74) is 0.460. The van der Waals surface area contributed by atoms with Crippen molar-refractivity contribution >= 4 is 6.29 Å². The number of aldehydes is 1. The fourth-order valence-electron chi connectivity index (χ4n) is 1.36. The van der Waals surface area contributed by atoms with Crippen LogP contribution in [0.4, 0.5) is 0 Å². The number of hydrogen-bond donors (Lipinski definition) is 0. The van der Waals surface area contributed by atoms with Crippen LogP contribution < -0.4 is 14.2 Å². The van der Waals surface area contributed by atoms with Gasteiger partial charge in [0.05, 0.1) is 25.9 Å². The standard InChI is InChI=1S/C12H16O4/c1-4-15-10-7-12(16-5-2)11(14-3)6-9(10)8-13/h6-8H,4-5H2,1-3H3. The lowest BCUT2D eigenvalue weighted by atomic mass is 10.2. The zero-order valence-electron chi connectivity index (χ0n) is 9.78. The van der Waals surface area contributed by atoms with Crippen molar-refractivity contribution in [2.75, 3.05) is 20.3 Å². The molecule has 16 heavy (non-hydrogen) atoms. The molecule has 0 N–H and O–H groups in total. The molecule has 1 aromatic rings. The summed E-state index contributed by atoms with van der Waals surface area (Å²) in [7, 11) is 1.53. The summed E-state index contributed by atoms with van der Waals surface area (Å²) in [6.45, 7) is 4.77. The highest BCUT2D eigenvalue weighted by Gasteiger charge is 2.11. The molecule has 0 spiro atoms. The lowest BCUT2D eigenvalue weighted by Gasteiger charge is -2.13. The van der Waals surface area contributed by atoms with Crippen molar-refractivity contribution in [1.82, 2.24) is 0 Å². The molecule has 1 rings (SSSR count). The lowest BCUT2D eigenvalue weighted by molar-refractivity contribution is 0.111. The molecular weight excluding hydrogens is 208 g/mol. The first kappa shape index (κ1) is 12.4. The van der Waals surface area contributed by atoms with Crippen LogP contribution in [0.5, 0.6) is 17.2 Å². The van der Waals surface area contributed by atoms with E-state index in [9.17, 15) is 4.79 Å². The molecule has 0 aliphatic heterocycles. The maximum atomic E-state index is 10.9. The molecule has 1 aromatic carbocycles. The monoisotopic (exact) mass is 224 g/mol. The largest absolute Gasteiger partial charge is 0.493 e. The number of methoxy groups -OCH3 is 1.